The van der Waals surface area contributed by atoms with Crippen molar-refractivity contribution >= 4 is 28.4 Å². The SMILES string of the molecule is Cn1cc(-c2cc(C(=O)N3CCCCCC3)c3cc(Cl)ccc3n2)cn1. The van der Waals surface area contributed by atoms with Crippen molar-refractivity contribution < 1.29 is 4.79 Å². The van der Waals surface area contributed by atoms with Crippen LogP contribution in [0.3, 0.4) is 0 Å². The van der Waals surface area contributed by atoms with E-state index < -0.39 is 0 Å². The summed E-state index contributed by atoms with van der Waals surface area (Å²) in [5, 5.41) is 5.64. The fourth-order valence-electron chi connectivity index (χ4n) is 3.52. The number of carbonyl (C=O) groups excluding carboxylic acids is 1. The summed E-state index contributed by atoms with van der Waals surface area (Å²) in [7, 11) is 1.87. The van der Waals surface area contributed by atoms with Crippen molar-refractivity contribution in [2.75, 3.05) is 13.1 Å². The number of benzene rings is 1. The molecule has 0 N–H and O–H groups in total. The Labute approximate surface area is 157 Å². The van der Waals surface area contributed by atoms with E-state index in [0.717, 1.165) is 48.1 Å². The Morgan fingerprint density at radius 2 is 1.88 bits per heavy atom. The molecule has 5 nitrogen and oxygen atoms in total. The third-order valence-electron chi connectivity index (χ3n) is 4.90. The van der Waals surface area contributed by atoms with Crippen molar-refractivity contribution in [2.24, 2.45) is 7.05 Å². The normalized spacial score (nSPS) is 15.2. The van der Waals surface area contributed by atoms with E-state index >= 15 is 0 Å². The van der Waals surface area contributed by atoms with Gasteiger partial charge in [-0.15, -0.1) is 0 Å². The summed E-state index contributed by atoms with van der Waals surface area (Å²) in [5.41, 5.74) is 3.09. The van der Waals surface area contributed by atoms with E-state index in [9.17, 15) is 4.79 Å². The molecule has 26 heavy (non-hydrogen) atoms. The minimum absolute atomic E-state index is 0.0618. The number of carbonyl (C=O) groups is 1. The van der Waals surface area contributed by atoms with Crippen LogP contribution >= 0.6 is 11.6 Å². The molecule has 1 saturated heterocycles. The minimum atomic E-state index is 0.0618. The molecule has 0 saturated carbocycles. The van der Waals surface area contributed by atoms with Crippen molar-refractivity contribution in [3.05, 3.63) is 47.2 Å². The van der Waals surface area contributed by atoms with Gasteiger partial charge in [0.15, 0.2) is 0 Å². The largest absolute Gasteiger partial charge is 0.339 e. The molecule has 0 aliphatic carbocycles. The number of amides is 1. The zero-order valence-electron chi connectivity index (χ0n) is 14.8. The molecule has 1 fully saturated rings. The second kappa shape index (κ2) is 7.08. The number of aromatic nitrogens is 3. The highest BCUT2D eigenvalue weighted by Crippen LogP contribution is 2.28. The van der Waals surface area contributed by atoms with E-state index in [2.05, 4.69) is 5.10 Å². The highest BCUT2D eigenvalue weighted by Gasteiger charge is 2.21. The van der Waals surface area contributed by atoms with Gasteiger partial charge in [-0.2, -0.15) is 5.10 Å². The van der Waals surface area contributed by atoms with Crippen LogP contribution in [0.1, 0.15) is 36.0 Å². The fourth-order valence-corrected chi connectivity index (χ4v) is 3.69. The van der Waals surface area contributed by atoms with Gasteiger partial charge in [-0.25, -0.2) is 4.98 Å². The molecule has 0 unspecified atom stereocenters. The minimum Gasteiger partial charge on any atom is -0.339 e. The monoisotopic (exact) mass is 368 g/mol. The van der Waals surface area contributed by atoms with Gasteiger partial charge < -0.3 is 4.90 Å². The standard InChI is InChI=1S/C20H21ClN4O/c1-24-13-14(12-22-24)19-11-17(16-10-15(21)6-7-18(16)23-19)20(26)25-8-4-2-3-5-9-25/h6-7,10-13H,2-5,8-9H2,1H3. The van der Waals surface area contributed by atoms with Gasteiger partial charge in [0.2, 0.25) is 0 Å². The molecule has 4 rings (SSSR count). The Balaban J connectivity index is 1.84. The second-order valence-corrected chi connectivity index (χ2v) is 7.26. The third-order valence-corrected chi connectivity index (χ3v) is 5.13. The van der Waals surface area contributed by atoms with Crippen molar-refractivity contribution in [2.45, 2.75) is 25.7 Å². The van der Waals surface area contributed by atoms with Crippen LogP contribution in [0.2, 0.25) is 5.02 Å². The van der Waals surface area contributed by atoms with Gasteiger partial charge in [-0.1, -0.05) is 24.4 Å². The first-order valence-corrected chi connectivity index (χ1v) is 9.38. The summed E-state index contributed by atoms with van der Waals surface area (Å²) in [5.74, 6) is 0.0618. The quantitative estimate of drug-likeness (QED) is 0.677. The molecule has 1 aliphatic heterocycles. The predicted octanol–water partition coefficient (Wildman–Crippen LogP) is 4.30. The van der Waals surface area contributed by atoms with Crippen molar-refractivity contribution in [3.8, 4) is 11.3 Å². The number of fused-ring (bicyclic) bond motifs is 1. The van der Waals surface area contributed by atoms with Crippen molar-refractivity contribution in [1.82, 2.24) is 19.7 Å². The molecule has 1 aliphatic rings. The Kier molecular flexibility index (Phi) is 4.64. The molecule has 0 bridgehead atoms. The van der Waals surface area contributed by atoms with Crippen LogP contribution in [0.15, 0.2) is 36.7 Å². The zero-order valence-corrected chi connectivity index (χ0v) is 15.5. The highest BCUT2D eigenvalue weighted by molar-refractivity contribution is 6.31. The van der Waals surface area contributed by atoms with Gasteiger partial charge in [-0.05, 0) is 37.1 Å². The first kappa shape index (κ1) is 17.0. The number of nitrogens with zero attached hydrogens (tertiary/aromatic N) is 4. The summed E-state index contributed by atoms with van der Waals surface area (Å²) in [6.45, 7) is 1.62. The van der Waals surface area contributed by atoms with Crippen LogP contribution in [0.4, 0.5) is 0 Å². The maximum atomic E-state index is 13.3. The summed E-state index contributed by atoms with van der Waals surface area (Å²) in [4.78, 5) is 20.0. The fraction of sp³-hybridized carbons (Fsp3) is 0.350. The molecule has 2 aromatic heterocycles. The maximum absolute atomic E-state index is 13.3. The van der Waals surface area contributed by atoms with Crippen LogP contribution in [-0.4, -0.2) is 38.7 Å². The van der Waals surface area contributed by atoms with E-state index in [0.29, 0.717) is 10.6 Å². The second-order valence-electron chi connectivity index (χ2n) is 6.83. The van der Waals surface area contributed by atoms with Crippen LogP contribution in [0.5, 0.6) is 0 Å². The number of likely N-dealkylation sites (tertiary alicyclic amines) is 1. The number of pyridine rings is 1. The summed E-state index contributed by atoms with van der Waals surface area (Å²) >= 11 is 6.20. The Morgan fingerprint density at radius 3 is 2.58 bits per heavy atom. The smallest absolute Gasteiger partial charge is 0.254 e. The molecular formula is C20H21ClN4O. The molecule has 0 spiro atoms. The molecule has 0 radical (unpaired) electrons. The van der Waals surface area contributed by atoms with Crippen LogP contribution in [-0.2, 0) is 7.05 Å². The lowest BCUT2D eigenvalue weighted by Gasteiger charge is -2.21. The third kappa shape index (κ3) is 3.31. The number of rotatable bonds is 2. The van der Waals surface area contributed by atoms with Crippen molar-refractivity contribution in [3.63, 3.8) is 0 Å². The maximum Gasteiger partial charge on any atom is 0.254 e. The van der Waals surface area contributed by atoms with Gasteiger partial charge in [-0.3, -0.25) is 9.48 Å². The van der Waals surface area contributed by atoms with E-state index in [1.165, 1.54) is 12.8 Å². The van der Waals surface area contributed by atoms with E-state index in [-0.39, 0.29) is 5.91 Å². The lowest BCUT2D eigenvalue weighted by molar-refractivity contribution is 0.0763. The van der Waals surface area contributed by atoms with Crippen LogP contribution in [0, 0.1) is 0 Å². The van der Waals surface area contributed by atoms with Gasteiger partial charge >= 0.3 is 0 Å². The Bertz CT molecular complexity index is 958. The number of aryl methyl sites for hydroxylation is 1. The topological polar surface area (TPSA) is 51.0 Å². The highest BCUT2D eigenvalue weighted by atomic mass is 35.5. The number of hydrogen-bond acceptors (Lipinski definition) is 3. The number of halogens is 1. The number of hydrogen-bond donors (Lipinski definition) is 0. The lowest BCUT2D eigenvalue weighted by atomic mass is 10.0. The summed E-state index contributed by atoms with van der Waals surface area (Å²) in [6, 6.07) is 7.39. The van der Waals surface area contributed by atoms with Gasteiger partial charge in [0.05, 0.1) is 23.0 Å². The molecule has 134 valence electrons. The summed E-state index contributed by atoms with van der Waals surface area (Å²) in [6.07, 6.45) is 8.17. The van der Waals surface area contributed by atoms with E-state index in [1.54, 1.807) is 10.9 Å². The summed E-state index contributed by atoms with van der Waals surface area (Å²) < 4.78 is 1.74. The average Bonchev–Trinajstić information content (AvgIpc) is 2.91. The van der Waals surface area contributed by atoms with Gasteiger partial charge in [0, 0.05) is 42.3 Å². The predicted molar refractivity (Wildman–Crippen MR) is 103 cm³/mol. The molecule has 1 amide bonds. The van der Waals surface area contributed by atoms with Crippen molar-refractivity contribution in [1.29, 1.82) is 0 Å². The molecule has 6 heteroatoms. The first-order chi connectivity index (χ1) is 12.6. The first-order valence-electron chi connectivity index (χ1n) is 9.00. The molecule has 0 atom stereocenters. The molecule has 3 aromatic rings. The van der Waals surface area contributed by atoms with E-state index in [4.69, 9.17) is 16.6 Å². The Morgan fingerprint density at radius 1 is 1.12 bits per heavy atom. The van der Waals surface area contributed by atoms with Gasteiger partial charge in [0.25, 0.3) is 5.91 Å². The van der Waals surface area contributed by atoms with E-state index in [1.807, 2.05) is 42.4 Å². The van der Waals surface area contributed by atoms with Crippen LogP contribution in [0.25, 0.3) is 22.2 Å². The van der Waals surface area contributed by atoms with Gasteiger partial charge in [0.1, 0.15) is 0 Å². The average molecular weight is 369 g/mol. The molecule has 3 heterocycles. The lowest BCUT2D eigenvalue weighted by Crippen LogP contribution is -2.32. The zero-order chi connectivity index (χ0) is 18.1. The molecular weight excluding hydrogens is 348 g/mol. The Hall–Kier alpha value is -2.40. The molecule has 1 aromatic carbocycles. The van der Waals surface area contributed by atoms with Crippen LogP contribution < -0.4 is 0 Å².